The van der Waals surface area contributed by atoms with Gasteiger partial charge < -0.3 is 4.74 Å². The van der Waals surface area contributed by atoms with Crippen molar-refractivity contribution in [2.75, 3.05) is 6.61 Å². The highest BCUT2D eigenvalue weighted by molar-refractivity contribution is 6.60. The normalized spacial score (nSPS) is 26.4. The summed E-state index contributed by atoms with van der Waals surface area (Å²) in [6, 6.07) is 22.3. The molecule has 18 rings (SSSR count). The van der Waals surface area contributed by atoms with Crippen LogP contribution in [0.5, 0.6) is 0 Å². The number of hydrogen-bond donors (Lipinski definition) is 0. The van der Waals surface area contributed by atoms with Crippen molar-refractivity contribution < 1.29 is 9.53 Å². The van der Waals surface area contributed by atoms with Crippen molar-refractivity contribution in [3.05, 3.63) is 110 Å². The van der Waals surface area contributed by atoms with Crippen LogP contribution >= 0.6 is 0 Å². The van der Waals surface area contributed by atoms with Gasteiger partial charge in [-0.15, -0.1) is 0 Å². The Morgan fingerprint density at radius 1 is 0.696 bits per heavy atom. The number of carbonyl (C=O) groups excluding carboxylic acids is 1. The Morgan fingerprint density at radius 2 is 1.41 bits per heavy atom. The first-order valence-corrected chi connectivity index (χ1v) is 21.5. The lowest BCUT2D eigenvalue weighted by molar-refractivity contribution is -0.144. The third-order valence-corrected chi connectivity index (χ3v) is 17.8. The van der Waals surface area contributed by atoms with Gasteiger partial charge in [0.1, 0.15) is 0 Å². The summed E-state index contributed by atoms with van der Waals surface area (Å²) in [6.45, 7) is 4.74. The molecule has 2 nitrogen and oxygen atoms in total. The summed E-state index contributed by atoms with van der Waals surface area (Å²) in [6.07, 6.45) is 8.55. The van der Waals surface area contributed by atoms with Crippen LogP contribution in [0, 0.1) is 11.8 Å². The summed E-state index contributed by atoms with van der Waals surface area (Å²) >= 11 is 0. The minimum atomic E-state index is -0.152. The lowest BCUT2D eigenvalue weighted by Gasteiger charge is -2.30. The van der Waals surface area contributed by atoms with Crippen LogP contribution in [0.3, 0.4) is 0 Å². The monoisotopic (exact) mass is 714 g/mol. The van der Waals surface area contributed by atoms with E-state index < -0.39 is 0 Å². The average molecular weight is 715 g/mol. The molecule has 0 aromatic heterocycles. The Hall–Kier alpha value is -5.47. The molecule has 1 fully saturated rings. The fraction of sp³-hybridized carbons (Fsp3) is 0.278. The van der Waals surface area contributed by atoms with E-state index in [1.807, 2.05) is 0 Å². The largest absolute Gasteiger partial charge is 0.465 e. The average Bonchev–Trinajstić information content (AvgIpc) is 3.88. The Bertz CT molecular complexity index is 3880. The molecule has 0 saturated heterocycles. The maximum absolute atomic E-state index is 13.2. The van der Waals surface area contributed by atoms with Crippen LogP contribution in [0.15, 0.2) is 54.6 Å². The van der Waals surface area contributed by atoms with Crippen LogP contribution in [0.1, 0.15) is 95.0 Å². The minimum absolute atomic E-state index is 0.0464. The van der Waals surface area contributed by atoms with Crippen molar-refractivity contribution >= 4 is 109 Å². The van der Waals surface area contributed by atoms with Crippen molar-refractivity contribution in [2.45, 2.75) is 75.0 Å². The summed E-state index contributed by atoms with van der Waals surface area (Å²) in [4.78, 5) is 13.2. The van der Waals surface area contributed by atoms with Gasteiger partial charge in [-0.3, -0.25) is 4.79 Å². The Morgan fingerprint density at radius 3 is 2.27 bits per heavy atom. The molecule has 5 unspecified atom stereocenters. The molecule has 2 heteroatoms. The summed E-state index contributed by atoms with van der Waals surface area (Å²) < 4.78 is 5.78. The van der Waals surface area contributed by atoms with E-state index in [1.54, 1.807) is 136 Å². The van der Waals surface area contributed by atoms with Gasteiger partial charge in [0.05, 0.1) is 6.61 Å². The summed E-state index contributed by atoms with van der Waals surface area (Å²) in [5.74, 6) is 1.83. The number of carbonyl (C=O) groups is 1. The van der Waals surface area contributed by atoms with Crippen LogP contribution in [0.4, 0.5) is 0 Å². The highest BCUT2D eigenvalue weighted by Crippen LogP contribution is 2.84. The Labute approximate surface area is 320 Å². The summed E-state index contributed by atoms with van der Waals surface area (Å²) in [7, 11) is 0. The molecule has 0 amide bonds. The molecular formula is C54H34O2. The van der Waals surface area contributed by atoms with Crippen LogP contribution < -0.4 is 5.22 Å². The second kappa shape index (κ2) is 7.64. The zero-order chi connectivity index (χ0) is 35.8. The van der Waals surface area contributed by atoms with E-state index in [9.17, 15) is 4.79 Å². The zero-order valence-corrected chi connectivity index (χ0v) is 31.3. The van der Waals surface area contributed by atoms with Crippen molar-refractivity contribution in [2.24, 2.45) is 11.8 Å². The van der Waals surface area contributed by atoms with Crippen LogP contribution in [-0.4, -0.2) is 12.6 Å². The number of benzene rings is 8. The van der Waals surface area contributed by atoms with E-state index in [4.69, 9.17) is 4.74 Å². The number of esters is 1. The predicted octanol–water partition coefficient (Wildman–Crippen LogP) is 11.5. The third kappa shape index (κ3) is 2.21. The molecule has 0 bridgehead atoms. The first-order chi connectivity index (χ1) is 27.5. The SMILES string of the molecule is CC(C)COC(=O)CCCC1(c2ccccc2)C2c3cc4c5c6c(cc7c8c9c%10c%11c%12c%13c(cc%14cc%15c%16c(c%17c3c5c(c%10c86)c%17c%11c%16c%14%12)C21C=%15)CC(C7)C%139)C4. The van der Waals surface area contributed by atoms with E-state index in [0.29, 0.717) is 36.7 Å². The van der Waals surface area contributed by atoms with E-state index >= 15 is 0 Å². The molecule has 0 N–H and O–H groups in total. The molecule has 7 aliphatic rings. The van der Waals surface area contributed by atoms with E-state index in [-0.39, 0.29) is 16.8 Å². The Balaban J connectivity index is 1.08. The van der Waals surface area contributed by atoms with Gasteiger partial charge in [0, 0.05) is 29.1 Å². The molecule has 5 atom stereocenters. The molecule has 11 aromatic carbocycles. The molecule has 7 aliphatic carbocycles. The lowest BCUT2D eigenvalue weighted by Crippen LogP contribution is -2.20. The van der Waals surface area contributed by atoms with Crippen molar-refractivity contribution in [1.29, 1.82) is 0 Å². The lowest BCUT2D eigenvalue weighted by atomic mass is 9.72. The van der Waals surface area contributed by atoms with Gasteiger partial charge in [0.2, 0.25) is 0 Å². The van der Waals surface area contributed by atoms with Gasteiger partial charge in [0.25, 0.3) is 0 Å². The van der Waals surface area contributed by atoms with Crippen molar-refractivity contribution in [3.63, 3.8) is 0 Å². The van der Waals surface area contributed by atoms with Gasteiger partial charge >= 0.3 is 5.97 Å². The first-order valence-electron chi connectivity index (χ1n) is 21.5. The van der Waals surface area contributed by atoms with Gasteiger partial charge in [-0.2, -0.15) is 0 Å². The summed E-state index contributed by atoms with van der Waals surface area (Å²) in [5.41, 5.74) is 14.3. The molecule has 0 aliphatic heterocycles. The molecular weight excluding hydrogens is 681 g/mol. The second-order valence-corrected chi connectivity index (χ2v) is 20.2. The Kier molecular flexibility index (Phi) is 3.71. The predicted molar refractivity (Wildman–Crippen MR) is 227 cm³/mol. The zero-order valence-electron chi connectivity index (χ0n) is 31.3. The van der Waals surface area contributed by atoms with Crippen LogP contribution in [0.25, 0.3) is 103 Å². The third-order valence-electron chi connectivity index (χ3n) is 17.8. The molecule has 11 aromatic rings. The van der Waals surface area contributed by atoms with Gasteiger partial charge in [-0.05, 0) is 202 Å². The highest BCUT2D eigenvalue weighted by Gasteiger charge is 2.79. The van der Waals surface area contributed by atoms with E-state index in [0.717, 1.165) is 19.3 Å². The minimum Gasteiger partial charge on any atom is -0.465 e. The number of ether oxygens (including phenoxy) is 1. The maximum atomic E-state index is 13.2. The first kappa shape index (κ1) is 27.2. The highest BCUT2D eigenvalue weighted by atomic mass is 16.5. The van der Waals surface area contributed by atoms with E-state index in [2.05, 4.69) is 74.5 Å². The van der Waals surface area contributed by atoms with Crippen molar-refractivity contribution in [3.8, 4) is 0 Å². The number of hydrogen-bond acceptors (Lipinski definition) is 2. The smallest absolute Gasteiger partial charge is 0.305 e. The standard InChI is InChI=1S/C54H34O2/c1-20(2)19-56-30(55)9-6-10-53(28-7-4-3-5-8-28)52-29-17-26-15-23-13-24-12-21-11-22-14-25-16-27-18-54(52,53)51-37(27)42-36(25)41-32(22)31(21)39-35(24)40-33(23)34(26)43-38(29)50(51)49-47(42)45(41)44(39)46(40)48(43)49/h3-5,7-8,13-14,16-18,20-21,31,52H,6,9-12,15,19H2,1-2H3. The van der Waals surface area contributed by atoms with Crippen molar-refractivity contribution in [1.82, 2.24) is 0 Å². The molecule has 1 saturated carbocycles. The van der Waals surface area contributed by atoms with Crippen LogP contribution in [0.2, 0.25) is 0 Å². The molecule has 0 heterocycles. The molecule has 0 radical (unpaired) electrons. The quantitative estimate of drug-likeness (QED) is 0.121. The molecule has 56 heavy (non-hydrogen) atoms. The van der Waals surface area contributed by atoms with E-state index in [1.165, 1.54) is 29.0 Å². The summed E-state index contributed by atoms with van der Waals surface area (Å²) in [5, 5.41) is 30.4. The fourth-order valence-corrected chi connectivity index (χ4v) is 16.7. The number of fused-ring (bicyclic) bond motifs is 1. The maximum Gasteiger partial charge on any atom is 0.305 e. The van der Waals surface area contributed by atoms with Gasteiger partial charge in [-0.25, -0.2) is 0 Å². The van der Waals surface area contributed by atoms with Gasteiger partial charge in [-0.1, -0.05) is 68.5 Å². The number of rotatable bonds is 7. The molecule has 1 spiro atoms. The second-order valence-electron chi connectivity index (χ2n) is 20.2. The fourth-order valence-electron chi connectivity index (χ4n) is 16.7. The topological polar surface area (TPSA) is 26.3 Å². The molecule has 262 valence electrons. The van der Waals surface area contributed by atoms with Gasteiger partial charge in [0.15, 0.2) is 0 Å². The van der Waals surface area contributed by atoms with Crippen LogP contribution in [-0.2, 0) is 39.6 Å².